The molecule has 1 aromatic carbocycles. The van der Waals surface area contributed by atoms with E-state index < -0.39 is 0 Å². The van der Waals surface area contributed by atoms with Crippen molar-refractivity contribution in [3.05, 3.63) is 23.8 Å². The highest BCUT2D eigenvalue weighted by atomic mass is 16.5. The van der Waals surface area contributed by atoms with Gasteiger partial charge in [-0.15, -0.1) is 0 Å². The zero-order valence-corrected chi connectivity index (χ0v) is 13.5. The van der Waals surface area contributed by atoms with Crippen LogP contribution < -0.4 is 14.8 Å². The molecular formula is C17H28N2O2. The standard InChI is InChI=1S/C17H28N2O2/c1-4-15(19-11-9-18-10-12-19)14-7-8-16(20-5-2)17(13-14)21-6-3/h7-8,13,15,18H,4-6,9-12H2,1-3H3. The van der Waals surface area contributed by atoms with E-state index in [4.69, 9.17) is 9.47 Å². The van der Waals surface area contributed by atoms with Crippen molar-refractivity contribution in [1.82, 2.24) is 10.2 Å². The summed E-state index contributed by atoms with van der Waals surface area (Å²) in [7, 11) is 0. The summed E-state index contributed by atoms with van der Waals surface area (Å²) >= 11 is 0. The van der Waals surface area contributed by atoms with E-state index in [0.29, 0.717) is 19.3 Å². The van der Waals surface area contributed by atoms with Gasteiger partial charge in [0.2, 0.25) is 0 Å². The lowest BCUT2D eigenvalue weighted by atomic mass is 10.0. The lowest BCUT2D eigenvalue weighted by Crippen LogP contribution is -2.45. The van der Waals surface area contributed by atoms with Crippen molar-refractivity contribution in [1.29, 1.82) is 0 Å². The van der Waals surface area contributed by atoms with Gasteiger partial charge in [-0.05, 0) is 38.0 Å². The van der Waals surface area contributed by atoms with Gasteiger partial charge in [-0.1, -0.05) is 13.0 Å². The smallest absolute Gasteiger partial charge is 0.161 e. The minimum absolute atomic E-state index is 0.460. The number of benzene rings is 1. The first-order valence-corrected chi connectivity index (χ1v) is 8.14. The predicted octanol–water partition coefficient (Wildman–Crippen LogP) is 2.84. The third kappa shape index (κ3) is 4.11. The van der Waals surface area contributed by atoms with E-state index >= 15 is 0 Å². The van der Waals surface area contributed by atoms with E-state index in [2.05, 4.69) is 35.3 Å². The normalized spacial score (nSPS) is 17.5. The largest absolute Gasteiger partial charge is 0.490 e. The van der Waals surface area contributed by atoms with Gasteiger partial charge in [0.1, 0.15) is 0 Å². The van der Waals surface area contributed by atoms with Crippen molar-refractivity contribution in [3.8, 4) is 11.5 Å². The second-order valence-electron chi connectivity index (χ2n) is 5.28. The number of hydrogen-bond acceptors (Lipinski definition) is 4. The van der Waals surface area contributed by atoms with Crippen molar-refractivity contribution < 1.29 is 9.47 Å². The first kappa shape index (κ1) is 16.1. The number of rotatable bonds is 7. The first-order chi connectivity index (χ1) is 10.3. The fourth-order valence-electron chi connectivity index (χ4n) is 2.97. The van der Waals surface area contributed by atoms with Crippen LogP contribution in [0, 0.1) is 0 Å². The Morgan fingerprint density at radius 2 is 1.71 bits per heavy atom. The highest BCUT2D eigenvalue weighted by Gasteiger charge is 2.21. The molecule has 0 bridgehead atoms. The second kappa shape index (κ2) is 8.25. The summed E-state index contributed by atoms with van der Waals surface area (Å²) in [4.78, 5) is 2.56. The van der Waals surface area contributed by atoms with Gasteiger partial charge in [-0.2, -0.15) is 0 Å². The maximum absolute atomic E-state index is 5.76. The lowest BCUT2D eigenvalue weighted by Gasteiger charge is -2.35. The van der Waals surface area contributed by atoms with Gasteiger partial charge in [0, 0.05) is 32.2 Å². The Balaban J connectivity index is 2.21. The SMILES string of the molecule is CCOc1ccc(C(CC)N2CCNCC2)cc1OCC. The average molecular weight is 292 g/mol. The van der Waals surface area contributed by atoms with Crippen LogP contribution in [0.1, 0.15) is 38.8 Å². The van der Waals surface area contributed by atoms with Gasteiger partial charge in [0.25, 0.3) is 0 Å². The molecule has 1 aromatic rings. The van der Waals surface area contributed by atoms with Gasteiger partial charge in [-0.25, -0.2) is 0 Å². The van der Waals surface area contributed by atoms with Gasteiger partial charge in [0.15, 0.2) is 11.5 Å². The Labute approximate surface area is 128 Å². The zero-order chi connectivity index (χ0) is 15.1. The Morgan fingerprint density at radius 3 is 2.33 bits per heavy atom. The first-order valence-electron chi connectivity index (χ1n) is 8.14. The van der Waals surface area contributed by atoms with Crippen LogP contribution in [0.3, 0.4) is 0 Å². The summed E-state index contributed by atoms with van der Waals surface area (Å²) in [5.74, 6) is 1.71. The molecule has 118 valence electrons. The molecule has 0 aromatic heterocycles. The van der Waals surface area contributed by atoms with E-state index in [1.165, 1.54) is 5.56 Å². The molecule has 0 amide bonds. The lowest BCUT2D eigenvalue weighted by molar-refractivity contribution is 0.169. The van der Waals surface area contributed by atoms with Crippen LogP contribution in [0.2, 0.25) is 0 Å². The predicted molar refractivity (Wildman–Crippen MR) is 86.3 cm³/mol. The quantitative estimate of drug-likeness (QED) is 0.838. The van der Waals surface area contributed by atoms with Gasteiger partial charge in [-0.3, -0.25) is 4.90 Å². The van der Waals surface area contributed by atoms with Crippen molar-refractivity contribution >= 4 is 0 Å². The van der Waals surface area contributed by atoms with Crippen LogP contribution in [-0.2, 0) is 0 Å². The molecule has 1 unspecified atom stereocenters. The van der Waals surface area contributed by atoms with Crippen LogP contribution in [-0.4, -0.2) is 44.3 Å². The highest BCUT2D eigenvalue weighted by Crippen LogP contribution is 2.33. The molecule has 2 rings (SSSR count). The van der Waals surface area contributed by atoms with E-state index in [0.717, 1.165) is 44.1 Å². The number of ether oxygens (including phenoxy) is 2. The Hall–Kier alpha value is -1.26. The fourth-order valence-corrected chi connectivity index (χ4v) is 2.97. The van der Waals surface area contributed by atoms with Crippen LogP contribution in [0.5, 0.6) is 11.5 Å². The summed E-state index contributed by atoms with van der Waals surface area (Å²) in [6.45, 7) is 11.9. The van der Waals surface area contributed by atoms with Crippen molar-refractivity contribution in [2.75, 3.05) is 39.4 Å². The monoisotopic (exact) mass is 292 g/mol. The van der Waals surface area contributed by atoms with E-state index in [1.807, 2.05) is 13.8 Å². The number of hydrogen-bond donors (Lipinski definition) is 1. The van der Waals surface area contributed by atoms with E-state index in [-0.39, 0.29) is 0 Å². The summed E-state index contributed by atoms with van der Waals surface area (Å²) < 4.78 is 11.4. The van der Waals surface area contributed by atoms with E-state index in [9.17, 15) is 0 Å². The molecule has 1 saturated heterocycles. The third-order valence-corrected chi connectivity index (χ3v) is 3.93. The maximum atomic E-state index is 5.76. The molecule has 1 aliphatic heterocycles. The second-order valence-corrected chi connectivity index (χ2v) is 5.28. The van der Waals surface area contributed by atoms with Crippen molar-refractivity contribution in [2.24, 2.45) is 0 Å². The Kier molecular flexibility index (Phi) is 6.33. The minimum atomic E-state index is 0.460. The fraction of sp³-hybridized carbons (Fsp3) is 0.647. The van der Waals surface area contributed by atoms with Gasteiger partial charge in [0.05, 0.1) is 13.2 Å². The molecule has 0 spiro atoms. The molecule has 1 fully saturated rings. The average Bonchev–Trinajstić information content (AvgIpc) is 2.52. The maximum Gasteiger partial charge on any atom is 0.161 e. The summed E-state index contributed by atoms with van der Waals surface area (Å²) in [6.07, 6.45) is 1.11. The molecule has 21 heavy (non-hydrogen) atoms. The Bertz CT molecular complexity index is 431. The molecule has 1 N–H and O–H groups in total. The van der Waals surface area contributed by atoms with Crippen LogP contribution >= 0.6 is 0 Å². The van der Waals surface area contributed by atoms with Crippen LogP contribution in [0.4, 0.5) is 0 Å². The molecule has 0 radical (unpaired) electrons. The molecule has 4 heteroatoms. The summed E-state index contributed by atoms with van der Waals surface area (Å²) in [6, 6.07) is 6.85. The number of nitrogens with one attached hydrogen (secondary N) is 1. The number of piperazine rings is 1. The van der Waals surface area contributed by atoms with Crippen molar-refractivity contribution in [3.63, 3.8) is 0 Å². The van der Waals surface area contributed by atoms with Gasteiger partial charge >= 0.3 is 0 Å². The van der Waals surface area contributed by atoms with Crippen molar-refractivity contribution in [2.45, 2.75) is 33.2 Å². The van der Waals surface area contributed by atoms with Crippen LogP contribution in [0.15, 0.2) is 18.2 Å². The Morgan fingerprint density at radius 1 is 1.05 bits per heavy atom. The van der Waals surface area contributed by atoms with Crippen LogP contribution in [0.25, 0.3) is 0 Å². The van der Waals surface area contributed by atoms with Gasteiger partial charge < -0.3 is 14.8 Å². The molecule has 4 nitrogen and oxygen atoms in total. The molecular weight excluding hydrogens is 264 g/mol. The highest BCUT2D eigenvalue weighted by molar-refractivity contribution is 5.44. The zero-order valence-electron chi connectivity index (χ0n) is 13.5. The molecule has 1 heterocycles. The topological polar surface area (TPSA) is 33.7 Å². The summed E-state index contributed by atoms with van der Waals surface area (Å²) in [5.41, 5.74) is 1.33. The minimum Gasteiger partial charge on any atom is -0.490 e. The molecule has 0 aliphatic carbocycles. The number of nitrogens with zero attached hydrogens (tertiary/aromatic N) is 1. The molecule has 1 aliphatic rings. The molecule has 1 atom stereocenters. The summed E-state index contributed by atoms with van der Waals surface area (Å²) in [5, 5.41) is 3.42. The third-order valence-electron chi connectivity index (χ3n) is 3.93. The van der Waals surface area contributed by atoms with E-state index in [1.54, 1.807) is 0 Å². The molecule has 0 saturated carbocycles.